The average molecular weight is 302 g/mol. The zero-order valence-electron chi connectivity index (χ0n) is 13.2. The lowest BCUT2D eigenvalue weighted by atomic mass is 9.77. The minimum atomic E-state index is -0.767. The first-order chi connectivity index (χ1) is 10.7. The highest BCUT2D eigenvalue weighted by Gasteiger charge is 2.22. The van der Waals surface area contributed by atoms with Crippen LogP contribution in [0, 0.1) is 17.6 Å². The summed E-state index contributed by atoms with van der Waals surface area (Å²) in [4.78, 5) is 0. The molecule has 0 radical (unpaired) electrons. The van der Waals surface area contributed by atoms with Gasteiger partial charge >= 0.3 is 0 Å². The van der Waals surface area contributed by atoms with Gasteiger partial charge in [-0.3, -0.25) is 0 Å². The summed E-state index contributed by atoms with van der Waals surface area (Å²) in [5.74, 6) is -0.0254. The molecule has 0 heterocycles. The molecule has 0 aromatic heterocycles. The molecule has 3 rings (SSSR count). The van der Waals surface area contributed by atoms with Crippen molar-refractivity contribution in [2.75, 3.05) is 0 Å². The van der Waals surface area contributed by atoms with E-state index in [1.165, 1.54) is 56.6 Å². The van der Waals surface area contributed by atoms with Gasteiger partial charge in [0.15, 0.2) is 11.6 Å². The van der Waals surface area contributed by atoms with Crippen molar-refractivity contribution >= 4 is 10.8 Å². The summed E-state index contributed by atoms with van der Waals surface area (Å²) in [5, 5.41) is 1.20. The molecule has 0 spiro atoms. The van der Waals surface area contributed by atoms with Crippen LogP contribution in [0.3, 0.4) is 0 Å². The zero-order valence-corrected chi connectivity index (χ0v) is 13.2. The van der Waals surface area contributed by atoms with Gasteiger partial charge in [-0.1, -0.05) is 50.5 Å². The molecule has 118 valence electrons. The summed E-state index contributed by atoms with van der Waals surface area (Å²) < 4.78 is 27.0. The first-order valence-electron chi connectivity index (χ1n) is 8.56. The summed E-state index contributed by atoms with van der Waals surface area (Å²) in [6, 6.07) is 8.69. The van der Waals surface area contributed by atoms with Crippen molar-refractivity contribution in [2.45, 2.75) is 57.8 Å². The maximum atomic E-state index is 13.8. The lowest BCUT2D eigenvalue weighted by Crippen LogP contribution is -2.13. The highest BCUT2D eigenvalue weighted by atomic mass is 19.2. The van der Waals surface area contributed by atoms with Crippen LogP contribution in [-0.4, -0.2) is 0 Å². The number of benzene rings is 2. The number of unbranched alkanes of at least 4 members (excludes halogenated alkanes) is 1. The minimum Gasteiger partial charge on any atom is -0.204 e. The quantitative estimate of drug-likeness (QED) is 0.598. The molecule has 0 amide bonds. The van der Waals surface area contributed by atoms with Crippen LogP contribution in [0.5, 0.6) is 0 Å². The van der Waals surface area contributed by atoms with Gasteiger partial charge in [-0.15, -0.1) is 0 Å². The van der Waals surface area contributed by atoms with E-state index in [9.17, 15) is 8.78 Å². The Morgan fingerprint density at radius 1 is 1.00 bits per heavy atom. The molecule has 1 saturated carbocycles. The fourth-order valence-electron chi connectivity index (χ4n) is 3.81. The van der Waals surface area contributed by atoms with E-state index in [0.717, 1.165) is 11.3 Å². The van der Waals surface area contributed by atoms with Gasteiger partial charge < -0.3 is 0 Å². The van der Waals surface area contributed by atoms with Gasteiger partial charge in [-0.25, -0.2) is 8.78 Å². The largest absolute Gasteiger partial charge is 0.204 e. The first-order valence-corrected chi connectivity index (χ1v) is 8.56. The van der Waals surface area contributed by atoms with Crippen LogP contribution in [-0.2, 0) is 0 Å². The van der Waals surface area contributed by atoms with Crippen molar-refractivity contribution in [3.8, 4) is 0 Å². The normalized spacial score (nSPS) is 22.1. The number of hydrogen-bond acceptors (Lipinski definition) is 0. The summed E-state index contributed by atoms with van der Waals surface area (Å²) in [5.41, 5.74) is 1.28. The molecule has 0 unspecified atom stereocenters. The van der Waals surface area contributed by atoms with E-state index in [2.05, 4.69) is 13.0 Å². The Hall–Kier alpha value is -1.44. The molecule has 0 nitrogen and oxygen atoms in total. The molecule has 1 aliphatic carbocycles. The van der Waals surface area contributed by atoms with Gasteiger partial charge in [0, 0.05) is 5.39 Å². The second kappa shape index (κ2) is 6.76. The van der Waals surface area contributed by atoms with Gasteiger partial charge in [0.2, 0.25) is 0 Å². The first kappa shape index (κ1) is 15.5. The Labute approximate surface area is 131 Å². The molecule has 1 fully saturated rings. The Morgan fingerprint density at radius 3 is 2.50 bits per heavy atom. The van der Waals surface area contributed by atoms with E-state index in [1.54, 1.807) is 12.1 Å². The Balaban J connectivity index is 1.73. The van der Waals surface area contributed by atoms with Crippen molar-refractivity contribution in [1.82, 2.24) is 0 Å². The highest BCUT2D eigenvalue weighted by molar-refractivity contribution is 5.84. The van der Waals surface area contributed by atoms with Crippen molar-refractivity contribution in [3.63, 3.8) is 0 Å². The van der Waals surface area contributed by atoms with Gasteiger partial charge in [0.1, 0.15) is 0 Å². The lowest BCUT2D eigenvalue weighted by Gasteiger charge is -2.29. The van der Waals surface area contributed by atoms with E-state index < -0.39 is 11.6 Å². The maximum absolute atomic E-state index is 13.8. The van der Waals surface area contributed by atoms with Gasteiger partial charge in [0.05, 0.1) is 0 Å². The number of fused-ring (bicyclic) bond motifs is 1. The molecule has 0 N–H and O–H groups in total. The summed E-state index contributed by atoms with van der Waals surface area (Å²) in [7, 11) is 0. The molecule has 2 aromatic carbocycles. The minimum absolute atomic E-state index is 0.389. The van der Waals surface area contributed by atoms with Gasteiger partial charge in [0.25, 0.3) is 0 Å². The molecule has 1 aliphatic rings. The molecule has 0 bridgehead atoms. The lowest BCUT2D eigenvalue weighted by molar-refractivity contribution is 0.304. The van der Waals surface area contributed by atoms with Crippen molar-refractivity contribution in [1.29, 1.82) is 0 Å². The van der Waals surface area contributed by atoms with Gasteiger partial charge in [-0.2, -0.15) is 0 Å². The fourth-order valence-corrected chi connectivity index (χ4v) is 3.81. The van der Waals surface area contributed by atoms with Crippen LogP contribution in [0.1, 0.15) is 63.4 Å². The van der Waals surface area contributed by atoms with E-state index in [4.69, 9.17) is 0 Å². The third-order valence-electron chi connectivity index (χ3n) is 5.22. The van der Waals surface area contributed by atoms with E-state index in [1.807, 2.05) is 6.07 Å². The SMILES string of the molecule is CCCCC1CCC(c2ccc3c(F)c(F)ccc3c2)CC1. The topological polar surface area (TPSA) is 0 Å². The monoisotopic (exact) mass is 302 g/mol. The summed E-state index contributed by atoms with van der Waals surface area (Å²) in [6.07, 6.45) is 9.06. The van der Waals surface area contributed by atoms with Gasteiger partial charge in [-0.05, 0) is 54.5 Å². The van der Waals surface area contributed by atoms with Crippen LogP contribution < -0.4 is 0 Å². The van der Waals surface area contributed by atoms with Crippen molar-refractivity contribution in [3.05, 3.63) is 47.5 Å². The Kier molecular flexibility index (Phi) is 4.75. The zero-order chi connectivity index (χ0) is 15.5. The second-order valence-electron chi connectivity index (χ2n) is 6.70. The van der Waals surface area contributed by atoms with E-state index >= 15 is 0 Å². The summed E-state index contributed by atoms with van der Waals surface area (Å²) in [6.45, 7) is 2.25. The number of hydrogen-bond donors (Lipinski definition) is 0. The number of halogens is 2. The van der Waals surface area contributed by atoms with Crippen LogP contribution in [0.4, 0.5) is 8.78 Å². The third kappa shape index (κ3) is 3.16. The smallest absolute Gasteiger partial charge is 0.166 e. The molecule has 22 heavy (non-hydrogen) atoms. The van der Waals surface area contributed by atoms with Crippen LogP contribution >= 0.6 is 0 Å². The van der Waals surface area contributed by atoms with E-state index in [0.29, 0.717) is 11.3 Å². The molecule has 2 aromatic rings. The third-order valence-corrected chi connectivity index (χ3v) is 5.22. The molecule has 0 saturated heterocycles. The van der Waals surface area contributed by atoms with Crippen LogP contribution in [0.2, 0.25) is 0 Å². The standard InChI is InChI=1S/C20H24F2/c1-2-3-4-14-5-7-15(8-6-14)16-9-11-18-17(13-16)10-12-19(21)20(18)22/h9-15H,2-8H2,1H3. The van der Waals surface area contributed by atoms with Crippen LogP contribution in [0.25, 0.3) is 10.8 Å². The molecular weight excluding hydrogens is 278 g/mol. The molecular formula is C20H24F2. The molecule has 0 aliphatic heterocycles. The summed E-state index contributed by atoms with van der Waals surface area (Å²) >= 11 is 0. The highest BCUT2D eigenvalue weighted by Crippen LogP contribution is 2.38. The van der Waals surface area contributed by atoms with Crippen molar-refractivity contribution in [2.24, 2.45) is 5.92 Å². The second-order valence-corrected chi connectivity index (χ2v) is 6.70. The maximum Gasteiger partial charge on any atom is 0.166 e. The fraction of sp³-hybridized carbons (Fsp3) is 0.500. The molecule has 2 heteroatoms. The van der Waals surface area contributed by atoms with Crippen LogP contribution in [0.15, 0.2) is 30.3 Å². The predicted octanol–water partition coefficient (Wildman–Crippen LogP) is 6.58. The van der Waals surface area contributed by atoms with E-state index in [-0.39, 0.29) is 0 Å². The molecule has 0 atom stereocenters. The predicted molar refractivity (Wildman–Crippen MR) is 88.1 cm³/mol. The number of rotatable bonds is 4. The van der Waals surface area contributed by atoms with Crippen molar-refractivity contribution < 1.29 is 8.78 Å². The average Bonchev–Trinajstić information content (AvgIpc) is 2.56. The Morgan fingerprint density at radius 2 is 1.77 bits per heavy atom. The Bertz CT molecular complexity index is 639.